The van der Waals surface area contributed by atoms with Crippen molar-refractivity contribution in [2.75, 3.05) is 19.8 Å². The van der Waals surface area contributed by atoms with E-state index >= 15 is 0 Å². The molecule has 3 rings (SSSR count). The number of rotatable bonds is 4. The summed E-state index contributed by atoms with van der Waals surface area (Å²) in [5.41, 5.74) is 1.17. The van der Waals surface area contributed by atoms with Crippen molar-refractivity contribution in [2.45, 2.75) is 25.6 Å². The zero-order valence-corrected chi connectivity index (χ0v) is 12.2. The lowest BCUT2D eigenvalue weighted by Gasteiger charge is -2.40. The predicted octanol–water partition coefficient (Wildman–Crippen LogP) is 2.52. The van der Waals surface area contributed by atoms with Gasteiger partial charge in [-0.15, -0.1) is 0 Å². The molecule has 0 radical (unpaired) electrons. The van der Waals surface area contributed by atoms with Gasteiger partial charge in [0, 0.05) is 6.54 Å². The summed E-state index contributed by atoms with van der Waals surface area (Å²) < 4.78 is 11.4. The fraction of sp³-hybridized carbons (Fsp3) is 0.412. The lowest BCUT2D eigenvalue weighted by atomic mass is 9.98. The van der Waals surface area contributed by atoms with Crippen LogP contribution in [0.4, 0.5) is 0 Å². The van der Waals surface area contributed by atoms with Gasteiger partial charge in [-0.05, 0) is 24.6 Å². The van der Waals surface area contributed by atoms with Gasteiger partial charge in [0.05, 0.1) is 25.8 Å². The highest BCUT2D eigenvalue weighted by Gasteiger charge is 2.33. The fourth-order valence-electron chi connectivity index (χ4n) is 2.96. The van der Waals surface area contributed by atoms with E-state index in [2.05, 4.69) is 17.0 Å². The second-order valence-electron chi connectivity index (χ2n) is 5.43. The Hall–Kier alpha value is -1.62. The van der Waals surface area contributed by atoms with E-state index in [9.17, 15) is 5.11 Å². The fourth-order valence-corrected chi connectivity index (χ4v) is 2.96. The minimum Gasteiger partial charge on any atom is -0.465 e. The predicted molar refractivity (Wildman–Crippen MR) is 79.9 cm³/mol. The first-order valence-electron chi connectivity index (χ1n) is 7.34. The zero-order chi connectivity index (χ0) is 14.7. The first-order chi connectivity index (χ1) is 10.3. The van der Waals surface area contributed by atoms with E-state index in [1.54, 1.807) is 0 Å². The Kier molecular flexibility index (Phi) is 4.39. The van der Waals surface area contributed by atoms with Gasteiger partial charge in [-0.3, -0.25) is 4.90 Å². The van der Waals surface area contributed by atoms with Crippen LogP contribution in [0.2, 0.25) is 0 Å². The molecule has 1 aliphatic heterocycles. The van der Waals surface area contributed by atoms with E-state index in [0.29, 0.717) is 6.61 Å². The van der Waals surface area contributed by atoms with Gasteiger partial charge in [-0.1, -0.05) is 30.3 Å². The topological polar surface area (TPSA) is 45.8 Å². The molecule has 1 aromatic carbocycles. The Morgan fingerprint density at radius 3 is 2.67 bits per heavy atom. The lowest BCUT2D eigenvalue weighted by molar-refractivity contribution is -0.0974. The van der Waals surface area contributed by atoms with Gasteiger partial charge in [0.15, 0.2) is 0 Å². The summed E-state index contributed by atoms with van der Waals surface area (Å²) in [6.07, 6.45) is -0.197. The number of hydrogen-bond donors (Lipinski definition) is 1. The van der Waals surface area contributed by atoms with Gasteiger partial charge in [0.2, 0.25) is 0 Å². The number of aliphatic hydroxyl groups excluding tert-OH is 1. The molecule has 21 heavy (non-hydrogen) atoms. The van der Waals surface area contributed by atoms with Crippen molar-refractivity contribution in [1.82, 2.24) is 4.90 Å². The molecule has 0 aliphatic carbocycles. The summed E-state index contributed by atoms with van der Waals surface area (Å²) in [5.74, 6) is 1.88. The average Bonchev–Trinajstić information content (AvgIpc) is 2.93. The number of aliphatic hydroxyl groups is 1. The summed E-state index contributed by atoms with van der Waals surface area (Å²) >= 11 is 0. The second kappa shape index (κ2) is 6.43. The van der Waals surface area contributed by atoms with Crippen LogP contribution in [0.3, 0.4) is 0 Å². The third-order valence-corrected chi connectivity index (χ3v) is 3.93. The number of furan rings is 1. The molecule has 2 heterocycles. The molecule has 112 valence electrons. The Labute approximate surface area is 124 Å². The third-order valence-electron chi connectivity index (χ3n) is 3.93. The molecule has 0 amide bonds. The van der Waals surface area contributed by atoms with E-state index in [1.165, 1.54) is 5.56 Å². The molecule has 1 N–H and O–H groups in total. The molecule has 4 nitrogen and oxygen atoms in total. The Morgan fingerprint density at radius 1 is 1.19 bits per heavy atom. The molecule has 1 aliphatic rings. The molecule has 1 aromatic heterocycles. The SMILES string of the molecule is Cc1ccc(CN2CCO[C@H](CO)[C@H]2c2ccccc2)o1. The van der Waals surface area contributed by atoms with Crippen molar-refractivity contribution in [3.05, 3.63) is 59.5 Å². The summed E-state index contributed by atoms with van der Waals surface area (Å²) in [6, 6.07) is 14.3. The number of nitrogens with zero attached hydrogens (tertiary/aromatic N) is 1. The molecular formula is C17H21NO3. The van der Waals surface area contributed by atoms with Crippen molar-refractivity contribution in [3.8, 4) is 0 Å². The number of ether oxygens (including phenoxy) is 1. The maximum Gasteiger partial charge on any atom is 0.118 e. The van der Waals surface area contributed by atoms with E-state index < -0.39 is 0 Å². The average molecular weight is 287 g/mol. The number of morpholine rings is 1. The normalized spacial score (nSPS) is 23.3. The molecule has 2 atom stereocenters. The highest BCUT2D eigenvalue weighted by atomic mass is 16.5. The second-order valence-corrected chi connectivity index (χ2v) is 5.43. The number of aryl methyl sites for hydroxylation is 1. The Balaban J connectivity index is 1.85. The van der Waals surface area contributed by atoms with Gasteiger partial charge in [-0.25, -0.2) is 0 Å². The first kappa shape index (κ1) is 14.3. The van der Waals surface area contributed by atoms with E-state index in [-0.39, 0.29) is 18.8 Å². The molecular weight excluding hydrogens is 266 g/mol. The van der Waals surface area contributed by atoms with Crippen LogP contribution in [-0.4, -0.2) is 35.9 Å². The highest BCUT2D eigenvalue weighted by molar-refractivity contribution is 5.21. The smallest absolute Gasteiger partial charge is 0.118 e. The Bertz CT molecular complexity index is 566. The summed E-state index contributed by atoms with van der Waals surface area (Å²) in [7, 11) is 0. The van der Waals surface area contributed by atoms with Gasteiger partial charge in [0.1, 0.15) is 17.6 Å². The van der Waals surface area contributed by atoms with Crippen molar-refractivity contribution in [1.29, 1.82) is 0 Å². The van der Waals surface area contributed by atoms with E-state index in [4.69, 9.17) is 9.15 Å². The highest BCUT2D eigenvalue weighted by Crippen LogP contribution is 2.31. The Morgan fingerprint density at radius 2 is 2.00 bits per heavy atom. The maximum atomic E-state index is 9.64. The van der Waals surface area contributed by atoms with Crippen LogP contribution in [0.25, 0.3) is 0 Å². The minimum absolute atomic E-state index is 0.0211. The van der Waals surface area contributed by atoms with Crippen molar-refractivity contribution >= 4 is 0 Å². The minimum atomic E-state index is -0.197. The largest absolute Gasteiger partial charge is 0.465 e. The van der Waals surface area contributed by atoms with Crippen LogP contribution in [-0.2, 0) is 11.3 Å². The van der Waals surface area contributed by atoms with Crippen LogP contribution >= 0.6 is 0 Å². The van der Waals surface area contributed by atoms with Crippen molar-refractivity contribution in [3.63, 3.8) is 0 Å². The van der Waals surface area contributed by atoms with E-state index in [1.807, 2.05) is 37.3 Å². The summed E-state index contributed by atoms with van der Waals surface area (Å²) in [4.78, 5) is 2.32. The van der Waals surface area contributed by atoms with Crippen LogP contribution in [0.1, 0.15) is 23.1 Å². The monoisotopic (exact) mass is 287 g/mol. The molecule has 2 aromatic rings. The van der Waals surface area contributed by atoms with Gasteiger partial charge in [0.25, 0.3) is 0 Å². The van der Waals surface area contributed by atoms with Crippen LogP contribution in [0, 0.1) is 6.92 Å². The van der Waals surface area contributed by atoms with Gasteiger partial charge >= 0.3 is 0 Å². The molecule has 1 fully saturated rings. The summed E-state index contributed by atoms with van der Waals surface area (Å²) in [5, 5.41) is 9.64. The lowest BCUT2D eigenvalue weighted by Crippen LogP contribution is -2.46. The van der Waals surface area contributed by atoms with Crippen LogP contribution in [0.15, 0.2) is 46.9 Å². The molecule has 4 heteroatoms. The number of hydrogen-bond acceptors (Lipinski definition) is 4. The van der Waals surface area contributed by atoms with Crippen molar-refractivity contribution in [2.24, 2.45) is 0 Å². The van der Waals surface area contributed by atoms with Crippen LogP contribution < -0.4 is 0 Å². The van der Waals surface area contributed by atoms with E-state index in [0.717, 1.165) is 24.6 Å². The molecule has 1 saturated heterocycles. The molecule has 0 saturated carbocycles. The van der Waals surface area contributed by atoms with Gasteiger partial charge in [-0.2, -0.15) is 0 Å². The van der Waals surface area contributed by atoms with Crippen molar-refractivity contribution < 1.29 is 14.3 Å². The van der Waals surface area contributed by atoms with Crippen LogP contribution in [0.5, 0.6) is 0 Å². The quantitative estimate of drug-likeness (QED) is 0.938. The van der Waals surface area contributed by atoms with Gasteiger partial charge < -0.3 is 14.3 Å². The molecule has 0 bridgehead atoms. The summed E-state index contributed by atoms with van der Waals surface area (Å²) in [6.45, 7) is 4.17. The zero-order valence-electron chi connectivity index (χ0n) is 12.2. The first-order valence-corrected chi connectivity index (χ1v) is 7.34. The standard InChI is InChI=1S/C17H21NO3/c1-13-7-8-15(21-13)11-18-9-10-20-16(12-19)17(18)14-5-3-2-4-6-14/h2-8,16-17,19H,9-12H2,1H3/t16-,17-/m1/s1. The maximum absolute atomic E-state index is 9.64. The molecule has 0 unspecified atom stereocenters. The third kappa shape index (κ3) is 3.18. The molecule has 0 spiro atoms. The number of benzene rings is 1.